The second-order valence-electron chi connectivity index (χ2n) is 5.61. The number of benzene rings is 1. The molecule has 9 nitrogen and oxygen atoms in total. The predicted octanol–water partition coefficient (Wildman–Crippen LogP) is 4.41. The maximum atomic E-state index is 12.2. The lowest BCUT2D eigenvalue weighted by Crippen LogP contribution is -2.15. The Morgan fingerprint density at radius 2 is 1.80 bits per heavy atom. The average molecular weight is 560 g/mol. The molecular weight excluding hydrogens is 544 g/mol. The molecule has 0 saturated heterocycles. The van der Waals surface area contributed by atoms with Crippen LogP contribution in [0.3, 0.4) is 0 Å². The maximum Gasteiger partial charge on any atom is 0.277 e. The minimum atomic E-state index is -0.261. The fraction of sp³-hybridized carbons (Fsp3) is 0.222. The quantitative estimate of drug-likeness (QED) is 0.401. The van der Waals surface area contributed by atoms with E-state index in [0.29, 0.717) is 33.1 Å². The first-order valence-electron chi connectivity index (χ1n) is 8.32. The first kappa shape index (κ1) is 22.4. The standard InChI is InChI=1S/C18H16Br2N4O5S/c1-26-12-4-9(5-13(27-2)15(12)28-3)17-23-24-18(29-17)30-8-14(25)22-16-11(20)6-10(19)7-21-16/h4-7H,8H2,1-3H3,(H,21,22,25). The van der Waals surface area contributed by atoms with Gasteiger partial charge in [-0.15, -0.1) is 10.2 Å². The average Bonchev–Trinajstić information content (AvgIpc) is 3.22. The summed E-state index contributed by atoms with van der Waals surface area (Å²) in [5.41, 5.74) is 0.594. The van der Waals surface area contributed by atoms with Crippen LogP contribution in [-0.2, 0) is 4.79 Å². The minimum absolute atomic E-state index is 0.0705. The molecule has 30 heavy (non-hydrogen) atoms. The summed E-state index contributed by atoms with van der Waals surface area (Å²) in [5, 5.41) is 11.0. The molecule has 1 amide bonds. The molecule has 0 fully saturated rings. The highest BCUT2D eigenvalue weighted by Crippen LogP contribution is 2.41. The molecule has 0 bridgehead atoms. The number of hydrogen-bond donors (Lipinski definition) is 1. The topological polar surface area (TPSA) is 109 Å². The fourth-order valence-corrected chi connectivity index (χ4v) is 4.04. The largest absolute Gasteiger partial charge is 0.493 e. The van der Waals surface area contributed by atoms with E-state index in [-0.39, 0.29) is 22.8 Å². The van der Waals surface area contributed by atoms with Crippen LogP contribution in [0.15, 0.2) is 43.0 Å². The third kappa shape index (κ3) is 5.24. The molecule has 0 unspecified atom stereocenters. The van der Waals surface area contributed by atoms with Gasteiger partial charge in [0.1, 0.15) is 5.82 Å². The summed E-state index contributed by atoms with van der Waals surface area (Å²) in [6, 6.07) is 5.19. The lowest BCUT2D eigenvalue weighted by atomic mass is 10.2. The molecule has 0 saturated carbocycles. The Morgan fingerprint density at radius 1 is 1.10 bits per heavy atom. The van der Waals surface area contributed by atoms with E-state index in [1.165, 1.54) is 21.3 Å². The second-order valence-corrected chi connectivity index (χ2v) is 8.30. The van der Waals surface area contributed by atoms with E-state index < -0.39 is 0 Å². The molecule has 158 valence electrons. The van der Waals surface area contributed by atoms with E-state index in [1.807, 2.05) is 0 Å². The number of methoxy groups -OCH3 is 3. The van der Waals surface area contributed by atoms with Gasteiger partial charge in [-0.1, -0.05) is 11.8 Å². The monoisotopic (exact) mass is 558 g/mol. The Hall–Kier alpha value is -2.31. The lowest BCUT2D eigenvalue weighted by molar-refractivity contribution is -0.113. The number of anilines is 1. The molecule has 0 aliphatic rings. The first-order chi connectivity index (χ1) is 14.4. The van der Waals surface area contributed by atoms with E-state index in [1.54, 1.807) is 24.4 Å². The molecule has 3 aromatic rings. The van der Waals surface area contributed by atoms with Gasteiger partial charge in [0.25, 0.3) is 5.22 Å². The number of carbonyl (C=O) groups is 1. The smallest absolute Gasteiger partial charge is 0.277 e. The molecule has 0 atom stereocenters. The van der Waals surface area contributed by atoms with Gasteiger partial charge < -0.3 is 23.9 Å². The number of halogens is 2. The summed E-state index contributed by atoms with van der Waals surface area (Å²) in [5.74, 6) is 1.88. The van der Waals surface area contributed by atoms with Crippen LogP contribution in [0.1, 0.15) is 0 Å². The van der Waals surface area contributed by atoms with Crippen LogP contribution in [0.2, 0.25) is 0 Å². The van der Waals surface area contributed by atoms with Gasteiger partial charge in [-0.2, -0.15) is 0 Å². The van der Waals surface area contributed by atoms with Crippen LogP contribution < -0.4 is 19.5 Å². The zero-order valence-corrected chi connectivity index (χ0v) is 20.1. The molecule has 0 aliphatic heterocycles. The second kappa shape index (κ2) is 10.1. The number of pyridine rings is 1. The van der Waals surface area contributed by atoms with Crippen LogP contribution in [0.4, 0.5) is 5.82 Å². The van der Waals surface area contributed by atoms with Gasteiger partial charge in [0, 0.05) is 16.2 Å². The third-order valence-electron chi connectivity index (χ3n) is 3.71. The van der Waals surface area contributed by atoms with E-state index in [2.05, 4.69) is 52.4 Å². The van der Waals surface area contributed by atoms with Crippen LogP contribution in [0.5, 0.6) is 17.2 Å². The van der Waals surface area contributed by atoms with Crippen molar-refractivity contribution in [1.29, 1.82) is 0 Å². The molecule has 0 spiro atoms. The molecule has 12 heteroatoms. The molecule has 1 aromatic carbocycles. The van der Waals surface area contributed by atoms with Crippen molar-refractivity contribution in [2.45, 2.75) is 5.22 Å². The van der Waals surface area contributed by atoms with E-state index in [9.17, 15) is 4.79 Å². The summed E-state index contributed by atoms with van der Waals surface area (Å²) in [4.78, 5) is 16.3. The zero-order valence-electron chi connectivity index (χ0n) is 16.1. The molecule has 3 rings (SSSR count). The van der Waals surface area contributed by atoms with Crippen molar-refractivity contribution in [2.24, 2.45) is 0 Å². The van der Waals surface area contributed by atoms with Crippen LogP contribution >= 0.6 is 43.6 Å². The van der Waals surface area contributed by atoms with Crippen LogP contribution in [0.25, 0.3) is 11.5 Å². The molecule has 2 aromatic heterocycles. The number of ether oxygens (including phenoxy) is 3. The minimum Gasteiger partial charge on any atom is -0.493 e. The van der Waals surface area contributed by atoms with E-state index >= 15 is 0 Å². The Labute approximate surface area is 193 Å². The normalized spacial score (nSPS) is 10.6. The highest BCUT2D eigenvalue weighted by Gasteiger charge is 2.18. The third-order valence-corrected chi connectivity index (χ3v) is 5.57. The highest BCUT2D eigenvalue weighted by molar-refractivity contribution is 9.11. The van der Waals surface area contributed by atoms with Gasteiger partial charge in [-0.3, -0.25) is 4.79 Å². The van der Waals surface area contributed by atoms with Crippen LogP contribution in [-0.4, -0.2) is 48.2 Å². The summed E-state index contributed by atoms with van der Waals surface area (Å²) in [7, 11) is 4.57. The fourth-order valence-electron chi connectivity index (χ4n) is 2.39. The molecule has 2 heterocycles. The molecule has 1 N–H and O–H groups in total. The van der Waals surface area contributed by atoms with Crippen molar-refractivity contribution in [1.82, 2.24) is 15.2 Å². The number of nitrogens with zero attached hydrogens (tertiary/aromatic N) is 3. The van der Waals surface area contributed by atoms with E-state index in [0.717, 1.165) is 16.2 Å². The number of hydrogen-bond acceptors (Lipinski definition) is 9. The van der Waals surface area contributed by atoms with E-state index in [4.69, 9.17) is 18.6 Å². The predicted molar refractivity (Wildman–Crippen MR) is 118 cm³/mol. The first-order valence-corrected chi connectivity index (χ1v) is 10.9. The number of thioether (sulfide) groups is 1. The number of carbonyl (C=O) groups excluding carboxylic acids is 1. The summed E-state index contributed by atoms with van der Waals surface area (Å²) >= 11 is 7.77. The van der Waals surface area contributed by atoms with Crippen LogP contribution in [0, 0.1) is 0 Å². The molecular formula is C18H16Br2N4O5S. The Bertz CT molecular complexity index is 1040. The Kier molecular flexibility index (Phi) is 7.56. The number of nitrogens with one attached hydrogen (secondary N) is 1. The van der Waals surface area contributed by atoms with Crippen molar-refractivity contribution in [2.75, 3.05) is 32.4 Å². The summed E-state index contributed by atoms with van der Waals surface area (Å²) < 4.78 is 23.1. The van der Waals surface area contributed by atoms with Crippen molar-refractivity contribution in [3.8, 4) is 28.7 Å². The number of aromatic nitrogens is 3. The molecule has 0 radical (unpaired) electrons. The lowest BCUT2D eigenvalue weighted by Gasteiger charge is -2.12. The van der Waals surface area contributed by atoms with Gasteiger partial charge in [-0.05, 0) is 50.1 Å². The summed E-state index contributed by atoms with van der Waals surface area (Å²) in [6.07, 6.45) is 1.59. The van der Waals surface area contributed by atoms with Gasteiger partial charge in [0.15, 0.2) is 11.5 Å². The number of amides is 1. The van der Waals surface area contributed by atoms with Gasteiger partial charge >= 0.3 is 0 Å². The maximum absolute atomic E-state index is 12.2. The summed E-state index contributed by atoms with van der Waals surface area (Å²) in [6.45, 7) is 0. The van der Waals surface area contributed by atoms with Gasteiger partial charge in [-0.25, -0.2) is 4.98 Å². The van der Waals surface area contributed by atoms with Gasteiger partial charge in [0.2, 0.25) is 17.5 Å². The Balaban J connectivity index is 1.68. The van der Waals surface area contributed by atoms with Crippen molar-refractivity contribution in [3.63, 3.8) is 0 Å². The highest BCUT2D eigenvalue weighted by atomic mass is 79.9. The number of rotatable bonds is 8. The Morgan fingerprint density at radius 3 is 2.40 bits per heavy atom. The SMILES string of the molecule is COc1cc(-c2nnc(SCC(=O)Nc3ncc(Br)cc3Br)o2)cc(OC)c1OC. The van der Waals surface area contributed by atoms with Crippen molar-refractivity contribution >= 4 is 55.3 Å². The zero-order chi connectivity index (χ0) is 21.7. The van der Waals surface area contributed by atoms with Gasteiger partial charge in [0.05, 0.1) is 31.6 Å². The van der Waals surface area contributed by atoms with Crippen molar-refractivity contribution in [3.05, 3.63) is 33.3 Å². The molecule has 0 aliphatic carbocycles. The van der Waals surface area contributed by atoms with Crippen molar-refractivity contribution < 1.29 is 23.4 Å².